The van der Waals surface area contributed by atoms with Crippen molar-refractivity contribution in [1.29, 1.82) is 0 Å². The van der Waals surface area contributed by atoms with E-state index in [1.807, 2.05) is 0 Å². The molecule has 1 amide bonds. The van der Waals surface area contributed by atoms with Crippen molar-refractivity contribution in [2.24, 2.45) is 0 Å². The molecule has 0 radical (unpaired) electrons. The fourth-order valence-corrected chi connectivity index (χ4v) is 5.18. The van der Waals surface area contributed by atoms with Gasteiger partial charge >= 0.3 is 5.97 Å². The molecule has 0 aromatic heterocycles. The maximum Gasteiger partial charge on any atom is 0.339 e. The highest BCUT2D eigenvalue weighted by molar-refractivity contribution is 7.92. The Hall–Kier alpha value is -2.87. The zero-order valence-corrected chi connectivity index (χ0v) is 17.5. The van der Waals surface area contributed by atoms with Crippen LogP contribution < -0.4 is 9.21 Å². The normalized spacial score (nSPS) is 15.6. The van der Waals surface area contributed by atoms with Crippen LogP contribution in [-0.4, -0.2) is 46.7 Å². The van der Waals surface area contributed by atoms with E-state index in [1.165, 1.54) is 16.3 Å². The van der Waals surface area contributed by atoms with Gasteiger partial charge in [0.1, 0.15) is 0 Å². The lowest BCUT2D eigenvalue weighted by Gasteiger charge is -2.29. The van der Waals surface area contributed by atoms with Crippen LogP contribution in [0, 0.1) is 6.92 Å². The second-order valence-corrected chi connectivity index (χ2v) is 8.98. The molecular formula is C21H24N2O5S. The van der Waals surface area contributed by atoms with Crippen LogP contribution in [0.4, 0.5) is 11.4 Å². The first-order valence-corrected chi connectivity index (χ1v) is 10.9. The number of para-hydroxylation sites is 1. The van der Waals surface area contributed by atoms with Crippen LogP contribution in [0.1, 0.15) is 39.1 Å². The number of hydrogen-bond donors (Lipinski definition) is 0. The third-order valence-electron chi connectivity index (χ3n) is 5.04. The number of carbonyl (C=O) groups excluding carboxylic acids is 2. The third-order valence-corrected chi connectivity index (χ3v) is 6.89. The summed E-state index contributed by atoms with van der Waals surface area (Å²) in [7, 11) is -0.448. The Kier molecular flexibility index (Phi) is 5.93. The smallest absolute Gasteiger partial charge is 0.339 e. The van der Waals surface area contributed by atoms with Crippen molar-refractivity contribution in [2.75, 3.05) is 35.7 Å². The third kappa shape index (κ3) is 4.12. The molecule has 7 nitrogen and oxygen atoms in total. The van der Waals surface area contributed by atoms with Gasteiger partial charge in [-0.25, -0.2) is 13.2 Å². The highest BCUT2D eigenvalue weighted by Gasteiger charge is 2.28. The molecule has 1 aliphatic heterocycles. The molecule has 1 saturated heterocycles. The van der Waals surface area contributed by atoms with Gasteiger partial charge in [-0.1, -0.05) is 12.1 Å². The van der Waals surface area contributed by atoms with E-state index < -0.39 is 16.0 Å². The van der Waals surface area contributed by atoms with E-state index in [1.54, 1.807) is 56.4 Å². The molecule has 0 unspecified atom stereocenters. The Balaban J connectivity index is 1.91. The van der Waals surface area contributed by atoms with Crippen LogP contribution in [0.2, 0.25) is 0 Å². The van der Waals surface area contributed by atoms with Crippen molar-refractivity contribution < 1.29 is 22.7 Å². The van der Waals surface area contributed by atoms with E-state index in [2.05, 4.69) is 0 Å². The second kappa shape index (κ2) is 8.24. The zero-order chi connectivity index (χ0) is 21.2. The first-order chi connectivity index (χ1) is 13.8. The van der Waals surface area contributed by atoms with Crippen molar-refractivity contribution in [3.05, 3.63) is 59.2 Å². The van der Waals surface area contributed by atoms with Gasteiger partial charge in [-0.3, -0.25) is 9.10 Å². The van der Waals surface area contributed by atoms with Crippen LogP contribution in [0.25, 0.3) is 0 Å². The molecule has 0 spiro atoms. The Morgan fingerprint density at radius 2 is 1.83 bits per heavy atom. The maximum atomic E-state index is 13.0. The van der Waals surface area contributed by atoms with Crippen LogP contribution >= 0.6 is 0 Å². The monoisotopic (exact) mass is 416 g/mol. The Bertz CT molecular complexity index is 1050. The van der Waals surface area contributed by atoms with Crippen molar-refractivity contribution in [3.63, 3.8) is 0 Å². The highest BCUT2D eigenvalue weighted by Crippen LogP contribution is 2.29. The molecule has 8 heteroatoms. The number of amides is 1. The van der Waals surface area contributed by atoms with Crippen LogP contribution in [0.15, 0.2) is 42.5 Å². The molecule has 29 heavy (non-hydrogen) atoms. The van der Waals surface area contributed by atoms with Gasteiger partial charge < -0.3 is 9.64 Å². The summed E-state index contributed by atoms with van der Waals surface area (Å²) in [6.07, 6.45) is 1.48. The molecule has 154 valence electrons. The topological polar surface area (TPSA) is 84.0 Å². The van der Waals surface area contributed by atoms with Gasteiger partial charge in [-0.05, 0) is 55.7 Å². The number of carbonyl (C=O) groups is 2. The average Bonchev–Trinajstić information content (AvgIpc) is 2.72. The minimum absolute atomic E-state index is 0.139. The van der Waals surface area contributed by atoms with Gasteiger partial charge in [-0.15, -0.1) is 0 Å². The minimum Gasteiger partial charge on any atom is -0.465 e. The van der Waals surface area contributed by atoms with Crippen LogP contribution in [-0.2, 0) is 14.8 Å². The van der Waals surface area contributed by atoms with E-state index in [-0.39, 0.29) is 11.7 Å². The summed E-state index contributed by atoms with van der Waals surface area (Å²) < 4.78 is 31.0. The summed E-state index contributed by atoms with van der Waals surface area (Å²) in [6, 6.07) is 11.7. The average molecular weight is 416 g/mol. The molecule has 1 heterocycles. The van der Waals surface area contributed by atoms with Gasteiger partial charge in [0.2, 0.25) is 10.0 Å². The predicted molar refractivity (Wildman–Crippen MR) is 112 cm³/mol. The van der Waals surface area contributed by atoms with Gasteiger partial charge in [-0.2, -0.15) is 0 Å². The molecule has 0 bridgehead atoms. The summed E-state index contributed by atoms with van der Waals surface area (Å²) in [6.45, 7) is 2.24. The lowest BCUT2D eigenvalue weighted by Crippen LogP contribution is -2.38. The number of anilines is 2. The molecular weight excluding hydrogens is 392 g/mol. The summed E-state index contributed by atoms with van der Waals surface area (Å²) in [4.78, 5) is 26.4. The lowest BCUT2D eigenvalue weighted by atomic mass is 10.1. The Labute approximate surface area is 170 Å². The molecule has 0 atom stereocenters. The summed E-state index contributed by atoms with van der Waals surface area (Å²) in [5.74, 6) is -0.695. The van der Waals surface area contributed by atoms with Crippen molar-refractivity contribution in [1.82, 2.24) is 0 Å². The summed E-state index contributed by atoms with van der Waals surface area (Å²) >= 11 is 0. The van der Waals surface area contributed by atoms with Crippen molar-refractivity contribution in [2.45, 2.75) is 19.8 Å². The van der Waals surface area contributed by atoms with Gasteiger partial charge in [0.05, 0.1) is 29.8 Å². The van der Waals surface area contributed by atoms with E-state index in [0.717, 1.165) is 6.42 Å². The zero-order valence-electron chi connectivity index (χ0n) is 16.7. The number of methoxy groups -OCH3 is 1. The Morgan fingerprint density at radius 3 is 2.48 bits per heavy atom. The van der Waals surface area contributed by atoms with Crippen LogP contribution in [0.3, 0.4) is 0 Å². The molecule has 1 aliphatic rings. The van der Waals surface area contributed by atoms with Crippen molar-refractivity contribution >= 4 is 33.3 Å². The molecule has 0 saturated carbocycles. The number of esters is 1. The Morgan fingerprint density at radius 1 is 1.10 bits per heavy atom. The molecule has 3 rings (SSSR count). The lowest BCUT2D eigenvalue weighted by molar-refractivity contribution is 0.0601. The quantitative estimate of drug-likeness (QED) is 0.716. The number of rotatable bonds is 4. The fraction of sp³-hybridized carbons (Fsp3) is 0.333. The summed E-state index contributed by atoms with van der Waals surface area (Å²) in [5, 5.41) is 0. The maximum absolute atomic E-state index is 13.0. The predicted octanol–water partition coefficient (Wildman–Crippen LogP) is 2.99. The fourth-order valence-electron chi connectivity index (χ4n) is 3.48. The van der Waals surface area contributed by atoms with Gasteiger partial charge in [0.25, 0.3) is 5.91 Å². The van der Waals surface area contributed by atoms with Gasteiger partial charge in [0.15, 0.2) is 0 Å². The number of sulfonamides is 1. The van der Waals surface area contributed by atoms with E-state index in [0.29, 0.717) is 41.0 Å². The number of benzene rings is 2. The molecule has 0 aliphatic carbocycles. The highest BCUT2D eigenvalue weighted by atomic mass is 32.2. The summed E-state index contributed by atoms with van der Waals surface area (Å²) in [5.41, 5.74) is 2.43. The largest absolute Gasteiger partial charge is 0.465 e. The first kappa shape index (κ1) is 20.9. The number of aryl methyl sites for hydroxylation is 1. The molecule has 2 aromatic rings. The van der Waals surface area contributed by atoms with E-state index in [4.69, 9.17) is 4.74 Å². The molecule has 0 N–H and O–H groups in total. The number of nitrogens with zero attached hydrogens (tertiary/aromatic N) is 2. The number of ether oxygens (including phenoxy) is 1. The number of hydrogen-bond acceptors (Lipinski definition) is 5. The second-order valence-electron chi connectivity index (χ2n) is 6.97. The SMILES string of the molecule is COC(=O)c1ccccc1N(C)C(=O)c1ccc(N2CCCCS2(=O)=O)c(C)c1. The standard InChI is InChI=1S/C21H24N2O5S/c1-15-14-16(10-11-18(15)23-12-6-7-13-29(23,26)27)20(24)22(2)19-9-5-4-8-17(19)21(25)28-3/h4-5,8-11,14H,6-7,12-13H2,1-3H3. The molecule has 2 aromatic carbocycles. The van der Waals surface area contributed by atoms with E-state index >= 15 is 0 Å². The van der Waals surface area contributed by atoms with Gasteiger partial charge in [0, 0.05) is 19.2 Å². The van der Waals surface area contributed by atoms with Crippen LogP contribution in [0.5, 0.6) is 0 Å². The minimum atomic E-state index is -3.32. The molecule has 1 fully saturated rings. The van der Waals surface area contributed by atoms with E-state index in [9.17, 15) is 18.0 Å². The van der Waals surface area contributed by atoms with Crippen molar-refractivity contribution in [3.8, 4) is 0 Å². The first-order valence-electron chi connectivity index (χ1n) is 9.32.